The van der Waals surface area contributed by atoms with Crippen molar-refractivity contribution in [3.8, 4) is 11.3 Å². The Kier molecular flexibility index (Phi) is 37.2. The molecule has 4 amide bonds. The van der Waals surface area contributed by atoms with Crippen molar-refractivity contribution < 1.29 is 101 Å². The van der Waals surface area contributed by atoms with E-state index in [1.165, 1.54) is 25.4 Å². The highest BCUT2D eigenvalue weighted by Crippen LogP contribution is 2.40. The molecule has 13 rings (SSSR count). The van der Waals surface area contributed by atoms with E-state index in [0.29, 0.717) is 187 Å². The predicted octanol–water partition coefficient (Wildman–Crippen LogP) is 7.44. The van der Waals surface area contributed by atoms with E-state index in [1.54, 1.807) is 64.8 Å². The number of Topliss-reactive ketones (excluding diaryl/α,β-unsaturated/α-hetero) is 2. The number of amides is 4. The monoisotopic (exact) mass is 1900 g/mol. The van der Waals surface area contributed by atoms with Gasteiger partial charge in [0.15, 0.2) is 17.0 Å². The van der Waals surface area contributed by atoms with Crippen LogP contribution in [0.3, 0.4) is 0 Å². The van der Waals surface area contributed by atoms with Crippen LogP contribution in [0.25, 0.3) is 33.4 Å². The minimum absolute atomic E-state index is 0.0286. The van der Waals surface area contributed by atoms with Gasteiger partial charge in [-0.15, -0.1) is 0 Å². The Balaban J connectivity index is 0.477. The van der Waals surface area contributed by atoms with Crippen LogP contribution in [0.2, 0.25) is 0 Å². The third kappa shape index (κ3) is 27.2. The minimum Gasteiger partial charge on any atom is -0.459 e. The van der Waals surface area contributed by atoms with Crippen LogP contribution in [0.1, 0.15) is 158 Å². The van der Waals surface area contributed by atoms with E-state index in [2.05, 4.69) is 67.5 Å². The van der Waals surface area contributed by atoms with Gasteiger partial charge in [-0.3, -0.25) is 24.0 Å². The second-order valence-corrected chi connectivity index (χ2v) is 36.7. The number of aliphatic hydroxyl groups excluding tert-OH is 2. The molecule has 10 heterocycles. The molecule has 1 saturated carbocycles. The first-order valence-electron chi connectivity index (χ1n) is 47.6. The third-order valence-corrected chi connectivity index (χ3v) is 26.8. The molecule has 7 aromatic rings. The largest absolute Gasteiger partial charge is 0.459 e. The number of rotatable bonds is 30. The molecule has 39 nitrogen and oxygen atoms in total. The number of anilines is 4. The summed E-state index contributed by atoms with van der Waals surface area (Å²) in [6.45, 7) is 17.2. The van der Waals surface area contributed by atoms with E-state index in [9.17, 15) is 48.9 Å². The summed E-state index contributed by atoms with van der Waals surface area (Å²) in [5, 5.41) is 46.2. The fraction of sp³-hybridized carbons (Fsp3) is 0.582. The number of fused-ring (bicyclic) bond motifs is 6. The maximum absolute atomic E-state index is 14.8. The first kappa shape index (κ1) is 103. The van der Waals surface area contributed by atoms with Gasteiger partial charge < -0.3 is 115 Å². The molecule has 0 radical (unpaired) electrons. The summed E-state index contributed by atoms with van der Waals surface area (Å²) in [4.78, 5) is 136. The lowest BCUT2D eigenvalue weighted by molar-refractivity contribution is -0.265. The van der Waals surface area contributed by atoms with Crippen LogP contribution in [0, 0.1) is 29.6 Å². The Bertz CT molecular complexity index is 5360. The normalized spacial score (nSPS) is 26.4. The van der Waals surface area contributed by atoms with Crippen molar-refractivity contribution in [3.05, 3.63) is 143 Å². The predicted molar refractivity (Wildman–Crippen MR) is 507 cm³/mol. The SMILES string of the molecule is CO[C@H]1C[C@@H]2CC[C@@H](C)[C@@](O)(O2)C(=O)C(=O)N2CCCC[C@H]2C(=O)O[C@H]([C@H](N)C[C@@H]2CC[C@@H](OC(=O)NCCOCCOCCOCCOCCC(=O)NCc3cnc(N4CCN(c5ncc(C(=O)N6CCc7cc(Cn8nc(-c9ccc%10oc(N)nc%10c9)c9c(N)ncnc98)ccc7C6)cn5)CC4)nc3)[C@H](OC)C2)C[C@@H](OC)[C@H](C)/C=C(\C)[C@@H](O)[C@@H](O)C(=O)[C@H](C)C[C@H](C)/C=C/C=CC=C1C. The van der Waals surface area contributed by atoms with Crippen molar-refractivity contribution in [1.82, 2.24) is 65.1 Å². The third-order valence-electron chi connectivity index (χ3n) is 26.8. The van der Waals surface area contributed by atoms with Crippen LogP contribution >= 0.6 is 0 Å². The lowest BCUT2D eigenvalue weighted by Gasteiger charge is -2.43. The Morgan fingerprint density at radius 1 is 0.679 bits per heavy atom. The number of aromatic nitrogens is 9. The zero-order valence-corrected chi connectivity index (χ0v) is 79.8. The Hall–Kier alpha value is -11.2. The van der Waals surface area contributed by atoms with E-state index < -0.39 is 114 Å². The maximum atomic E-state index is 14.8. The van der Waals surface area contributed by atoms with E-state index in [1.807, 2.05) is 78.9 Å². The van der Waals surface area contributed by atoms with Gasteiger partial charge in [0.25, 0.3) is 23.6 Å². The summed E-state index contributed by atoms with van der Waals surface area (Å²) in [5.41, 5.74) is 28.1. The summed E-state index contributed by atoms with van der Waals surface area (Å²) in [5.74, 6) is -6.97. The topological polar surface area (TPSA) is 509 Å². The minimum atomic E-state index is -2.49. The molecule has 137 heavy (non-hydrogen) atoms. The van der Waals surface area contributed by atoms with E-state index >= 15 is 0 Å². The quantitative estimate of drug-likeness (QED) is 0.00938. The van der Waals surface area contributed by atoms with Crippen molar-refractivity contribution in [2.75, 3.05) is 141 Å². The molecule has 5 aliphatic heterocycles. The number of cyclic esters (lactones) is 1. The lowest BCUT2D eigenvalue weighted by Crippen LogP contribution is -2.61. The van der Waals surface area contributed by atoms with Gasteiger partial charge in [0, 0.05) is 159 Å². The van der Waals surface area contributed by atoms with Crippen molar-refractivity contribution >= 4 is 87.2 Å². The molecule has 4 fully saturated rings. The molecular formula is C98H134N18O21. The molecule has 3 saturated heterocycles. The number of piperidine rings is 1. The van der Waals surface area contributed by atoms with Crippen molar-refractivity contribution in [2.45, 2.75) is 218 Å². The zero-order valence-electron chi connectivity index (χ0n) is 79.8. The number of nitrogens with zero attached hydrogens (tertiary/aromatic N) is 13. The van der Waals surface area contributed by atoms with Gasteiger partial charge in [-0.25, -0.2) is 44.2 Å². The number of oxazole rings is 1. The molecule has 2 aromatic carbocycles. The van der Waals surface area contributed by atoms with Gasteiger partial charge in [0.05, 0.1) is 94.8 Å². The second kappa shape index (κ2) is 49.4. The smallest absolute Gasteiger partial charge is 0.407 e. The molecule has 742 valence electrons. The maximum Gasteiger partial charge on any atom is 0.407 e. The summed E-state index contributed by atoms with van der Waals surface area (Å²) in [7, 11) is 4.59. The number of hydrogen-bond acceptors (Lipinski definition) is 34. The average Bonchev–Trinajstić information content (AvgIpc) is 1.65. The number of esters is 1. The number of aliphatic hydroxyl groups is 3. The highest BCUT2D eigenvalue weighted by molar-refractivity contribution is 6.39. The van der Waals surface area contributed by atoms with Crippen LogP contribution in [0.4, 0.5) is 28.5 Å². The number of carbonyl (C=O) groups is 7. The molecule has 16 atom stereocenters. The number of ether oxygens (including phenoxy) is 10. The van der Waals surface area contributed by atoms with E-state index in [-0.39, 0.29) is 108 Å². The number of nitrogens with one attached hydrogen (secondary N) is 2. The highest BCUT2D eigenvalue weighted by Gasteiger charge is 2.53. The summed E-state index contributed by atoms with van der Waals surface area (Å²) >= 11 is 0. The molecule has 39 heteroatoms. The second-order valence-electron chi connectivity index (χ2n) is 36.7. The van der Waals surface area contributed by atoms with Crippen molar-refractivity contribution in [1.29, 1.82) is 0 Å². The molecule has 5 aromatic heterocycles. The number of ketones is 2. The number of methoxy groups -OCH3 is 3. The molecule has 2 bridgehead atoms. The van der Waals surface area contributed by atoms with Gasteiger partial charge in [0.2, 0.25) is 23.6 Å². The Labute approximate surface area is 797 Å². The summed E-state index contributed by atoms with van der Waals surface area (Å²) in [6, 6.07) is 9.81. The number of hydrogen-bond donors (Lipinski definition) is 8. The van der Waals surface area contributed by atoms with E-state index in [4.69, 9.17) is 74.1 Å². The van der Waals surface area contributed by atoms with Crippen molar-refractivity contribution in [3.63, 3.8) is 0 Å². The number of benzene rings is 2. The molecule has 1 aliphatic carbocycles. The first-order chi connectivity index (χ1) is 66.1. The van der Waals surface area contributed by atoms with Crippen LogP contribution < -0.4 is 37.6 Å². The molecular weight excluding hydrogens is 1770 g/mol. The van der Waals surface area contributed by atoms with Crippen LogP contribution in [-0.4, -0.2) is 298 Å². The Morgan fingerprint density at radius 3 is 2.09 bits per heavy atom. The lowest BCUT2D eigenvalue weighted by atomic mass is 9.80. The standard InChI is InChI=1S/C98H134N18O21/c1-59-15-11-10-12-16-60(2)78(127-7)49-72-23-18-64(6)98(126,137-72)88(121)92(123)115-29-14-13-17-75(115)93(124)134-80(50-79(128-8)61(3)44-63(5)86(119)87(120)85(118)62(4)43-59)73(99)46-65-20-24-77(81(47-65)129-9)136-97(125)102-28-36-131-38-40-133-42-41-132-39-37-130-35-27-82(117)103-51-67-52-104-95(105-53-67)112-31-33-113(34-32-112)96-106-54-71(55-107-96)91(122)114-30-26-68-45-66(19-21-70(68)57-114)56-116-90-83(89(100)108-58-109-90)84(111-116)69-22-25-76-74(48-69)110-94(101)135-76/h10-12,15-16,19,21-22,25,44-45,48,52-55,58-59,61-62,64-65,72-73,75,77-81,86-87,119-120,126H,13-14,17-18,20,23-24,26-43,46-47,49-51,56-57,99H2,1-9H3,(H2,101,110)(H,102,125)(H,103,117)(H2,100,108,109)/b12-10?,15-11+,60-16?,63-44+/t59-,61-,62-,64-,65+,72+,73-,75+,77-,78+,79-,80+,81-,86-,87+,98-/m1/s1. The number of nitrogen functional groups attached to an aromatic ring is 2. The number of carbonyl (C=O) groups excluding carboxylic acids is 7. The fourth-order valence-corrected chi connectivity index (χ4v) is 18.8. The van der Waals surface area contributed by atoms with E-state index in [0.717, 1.165) is 33.4 Å². The number of alkyl carbamates (subject to hydrolysis) is 1. The molecule has 0 unspecified atom stereocenters. The van der Waals surface area contributed by atoms with Crippen LogP contribution in [0.15, 0.2) is 120 Å². The van der Waals surface area contributed by atoms with Crippen LogP contribution in [-0.2, 0) is 97.4 Å². The highest BCUT2D eigenvalue weighted by atomic mass is 16.6. The molecule has 6 aliphatic rings. The number of piperazine rings is 1. The van der Waals surface area contributed by atoms with Gasteiger partial charge in [0.1, 0.15) is 53.8 Å². The average molecular weight is 1900 g/mol. The van der Waals surface area contributed by atoms with Crippen LogP contribution in [0.5, 0.6) is 0 Å². The molecule has 11 N–H and O–H groups in total. The Morgan fingerprint density at radius 2 is 1.38 bits per heavy atom. The van der Waals surface area contributed by atoms with Gasteiger partial charge >= 0.3 is 12.1 Å². The zero-order chi connectivity index (χ0) is 97.4. The van der Waals surface area contributed by atoms with Gasteiger partial charge in [-0.2, -0.15) is 10.1 Å². The first-order valence-corrected chi connectivity index (χ1v) is 47.6. The van der Waals surface area contributed by atoms with Gasteiger partial charge in [-0.05, 0) is 142 Å². The van der Waals surface area contributed by atoms with Crippen molar-refractivity contribution in [2.24, 2.45) is 35.3 Å². The summed E-state index contributed by atoms with van der Waals surface area (Å²) < 4.78 is 66.3. The number of nitrogens with two attached hydrogens (primary N) is 3. The number of allylic oxidation sites excluding steroid dienone is 5. The molecule has 0 spiro atoms. The van der Waals surface area contributed by atoms with Gasteiger partial charge in [-0.1, -0.05) is 82.4 Å². The summed E-state index contributed by atoms with van der Waals surface area (Å²) in [6.07, 6.45) is 16.5. The fourth-order valence-electron chi connectivity index (χ4n) is 18.8.